The van der Waals surface area contributed by atoms with Crippen molar-refractivity contribution in [2.24, 2.45) is 0 Å². The average molecular weight is 474 g/mol. The number of amides is 2. The molecular weight excluding hydrogens is 457 g/mol. The number of nitrogens with zero attached hydrogens (tertiary/aromatic N) is 1. The van der Waals surface area contributed by atoms with Crippen molar-refractivity contribution < 1.29 is 14.3 Å². The van der Waals surface area contributed by atoms with Crippen LogP contribution in [0.2, 0.25) is 10.0 Å². The molecule has 0 spiro atoms. The Bertz CT molecular complexity index is 1320. The number of rotatable bonds is 5. The number of aromatic nitrogens is 1. The Morgan fingerprint density at radius 3 is 2.48 bits per heavy atom. The van der Waals surface area contributed by atoms with E-state index >= 15 is 0 Å². The Hall–Kier alpha value is -2.87. The normalized spacial score (nSPS) is 11.0. The fourth-order valence-electron chi connectivity index (χ4n) is 3.41. The van der Waals surface area contributed by atoms with E-state index in [2.05, 4.69) is 15.6 Å². The molecule has 0 saturated carbocycles. The van der Waals surface area contributed by atoms with Crippen molar-refractivity contribution in [3.8, 4) is 5.75 Å². The maximum Gasteiger partial charge on any atom is 0.228 e. The van der Waals surface area contributed by atoms with Gasteiger partial charge in [0.2, 0.25) is 11.8 Å². The fourth-order valence-corrected chi connectivity index (χ4v) is 5.17. The second-order valence-corrected chi connectivity index (χ2v) is 8.63. The van der Waals surface area contributed by atoms with E-state index in [1.165, 1.54) is 30.7 Å². The number of carbonyl (C=O) groups is 2. The van der Waals surface area contributed by atoms with Gasteiger partial charge in [-0.2, -0.15) is 0 Å². The molecule has 0 fully saturated rings. The lowest BCUT2D eigenvalue weighted by molar-refractivity contribution is -0.116. The van der Waals surface area contributed by atoms with Crippen LogP contribution < -0.4 is 15.4 Å². The number of fused-ring (bicyclic) bond motifs is 3. The minimum absolute atomic E-state index is 0.109. The molecule has 2 aromatic heterocycles. The maximum atomic E-state index is 12.8. The molecule has 6 nitrogen and oxygen atoms in total. The van der Waals surface area contributed by atoms with Crippen LogP contribution in [0.15, 0.2) is 42.7 Å². The lowest BCUT2D eigenvalue weighted by Crippen LogP contribution is -2.15. The van der Waals surface area contributed by atoms with Crippen LogP contribution in [0.25, 0.3) is 20.2 Å². The number of ether oxygens (including phenoxy) is 1. The zero-order valence-corrected chi connectivity index (χ0v) is 18.9. The van der Waals surface area contributed by atoms with Crippen LogP contribution >= 0.6 is 34.5 Å². The number of hydrogen-bond donors (Lipinski definition) is 2. The molecule has 0 aliphatic carbocycles. The number of hydrogen-bond acceptors (Lipinski definition) is 5. The zero-order chi connectivity index (χ0) is 22.1. The van der Waals surface area contributed by atoms with Crippen LogP contribution in [0.3, 0.4) is 0 Å². The summed E-state index contributed by atoms with van der Waals surface area (Å²) in [6.45, 7) is 1.47. The first-order chi connectivity index (χ1) is 14.9. The van der Waals surface area contributed by atoms with E-state index in [-0.39, 0.29) is 28.3 Å². The summed E-state index contributed by atoms with van der Waals surface area (Å²) in [4.78, 5) is 28.3. The molecule has 2 heterocycles. The Morgan fingerprint density at radius 1 is 1.06 bits per heavy atom. The third kappa shape index (κ3) is 4.17. The number of pyridine rings is 1. The third-order valence-corrected chi connectivity index (χ3v) is 6.58. The van der Waals surface area contributed by atoms with Gasteiger partial charge in [-0.25, -0.2) is 0 Å². The number of benzene rings is 2. The van der Waals surface area contributed by atoms with Gasteiger partial charge in [-0.3, -0.25) is 14.6 Å². The molecule has 0 radical (unpaired) electrons. The molecule has 4 aromatic rings. The van der Waals surface area contributed by atoms with Crippen LogP contribution in [-0.4, -0.2) is 23.9 Å². The van der Waals surface area contributed by atoms with Crippen LogP contribution in [0.4, 0.5) is 11.4 Å². The predicted octanol–water partition coefficient (Wildman–Crippen LogP) is 5.90. The molecule has 2 N–H and O–H groups in total. The first-order valence-electron chi connectivity index (χ1n) is 9.26. The van der Waals surface area contributed by atoms with Gasteiger partial charge in [0.25, 0.3) is 0 Å². The first kappa shape index (κ1) is 21.4. The summed E-state index contributed by atoms with van der Waals surface area (Å²) >= 11 is 13.7. The van der Waals surface area contributed by atoms with Crippen molar-refractivity contribution in [2.75, 3.05) is 17.7 Å². The Labute approximate surface area is 192 Å². The smallest absolute Gasteiger partial charge is 0.228 e. The molecule has 0 unspecified atom stereocenters. The summed E-state index contributed by atoms with van der Waals surface area (Å²) in [5.41, 5.74) is 1.88. The summed E-state index contributed by atoms with van der Waals surface area (Å²) in [6.07, 6.45) is 2.95. The van der Waals surface area contributed by atoms with E-state index in [1.807, 2.05) is 30.3 Å². The molecule has 0 aliphatic heterocycles. The largest absolute Gasteiger partial charge is 0.496 e. The van der Waals surface area contributed by atoms with E-state index in [0.717, 1.165) is 31.4 Å². The molecule has 4 rings (SSSR count). The van der Waals surface area contributed by atoms with Crippen LogP contribution in [-0.2, 0) is 16.0 Å². The van der Waals surface area contributed by atoms with E-state index in [0.29, 0.717) is 11.4 Å². The summed E-state index contributed by atoms with van der Waals surface area (Å²) in [7, 11) is 1.61. The minimum Gasteiger partial charge on any atom is -0.496 e. The van der Waals surface area contributed by atoms with Gasteiger partial charge in [0.1, 0.15) is 5.75 Å². The molecule has 9 heteroatoms. The van der Waals surface area contributed by atoms with Gasteiger partial charge in [0, 0.05) is 34.8 Å². The quantitative estimate of drug-likeness (QED) is 0.377. The van der Waals surface area contributed by atoms with Crippen molar-refractivity contribution in [3.63, 3.8) is 0 Å². The highest BCUT2D eigenvalue weighted by atomic mass is 35.5. The summed E-state index contributed by atoms with van der Waals surface area (Å²) in [5.74, 6) is 0.286. The third-order valence-electron chi connectivity index (χ3n) is 4.69. The highest BCUT2D eigenvalue weighted by molar-refractivity contribution is 7.26. The molecule has 0 atom stereocenters. The average Bonchev–Trinajstić information content (AvgIpc) is 3.12. The van der Waals surface area contributed by atoms with Crippen molar-refractivity contribution in [1.29, 1.82) is 0 Å². The molecular formula is C22H17Cl2N3O3S. The standard InChI is InChI=1S/C22H17Cl2N3O3S/c1-11(28)26-16-5-3-4-13-19-17(30-2)7-6-12(21(19)31-22(13)16)8-18(29)27-20-14(23)9-25-10-15(20)24/h3-7,9-10H,8H2,1-2H3,(H,26,28)(H,25,27,29). The molecule has 158 valence electrons. The lowest BCUT2D eigenvalue weighted by Gasteiger charge is -2.10. The Morgan fingerprint density at radius 2 is 1.81 bits per heavy atom. The summed E-state index contributed by atoms with van der Waals surface area (Å²) in [6, 6.07) is 9.42. The molecule has 0 aliphatic rings. The van der Waals surface area contributed by atoms with Crippen molar-refractivity contribution in [2.45, 2.75) is 13.3 Å². The molecule has 31 heavy (non-hydrogen) atoms. The monoisotopic (exact) mass is 473 g/mol. The van der Waals surface area contributed by atoms with Crippen LogP contribution in [0, 0.1) is 0 Å². The fraction of sp³-hybridized carbons (Fsp3) is 0.136. The van der Waals surface area contributed by atoms with Crippen LogP contribution in [0.1, 0.15) is 12.5 Å². The minimum atomic E-state index is -0.263. The summed E-state index contributed by atoms with van der Waals surface area (Å²) < 4.78 is 7.41. The van der Waals surface area contributed by atoms with E-state index in [9.17, 15) is 9.59 Å². The summed E-state index contributed by atoms with van der Waals surface area (Å²) in [5, 5.41) is 8.02. The van der Waals surface area contributed by atoms with E-state index < -0.39 is 0 Å². The Balaban J connectivity index is 1.78. The second-order valence-electron chi connectivity index (χ2n) is 6.80. The molecule has 0 bridgehead atoms. The lowest BCUT2D eigenvalue weighted by atomic mass is 10.1. The highest BCUT2D eigenvalue weighted by Crippen LogP contribution is 2.44. The number of thiophene rings is 1. The topological polar surface area (TPSA) is 80.3 Å². The zero-order valence-electron chi connectivity index (χ0n) is 16.6. The van der Waals surface area contributed by atoms with Crippen LogP contribution in [0.5, 0.6) is 5.75 Å². The number of halogens is 2. The van der Waals surface area contributed by atoms with E-state index in [4.69, 9.17) is 27.9 Å². The van der Waals surface area contributed by atoms with Crippen molar-refractivity contribution in [3.05, 3.63) is 58.3 Å². The number of methoxy groups -OCH3 is 1. The Kier molecular flexibility index (Phi) is 6.00. The van der Waals surface area contributed by atoms with E-state index in [1.54, 1.807) is 7.11 Å². The maximum absolute atomic E-state index is 12.8. The van der Waals surface area contributed by atoms with Crippen molar-refractivity contribution in [1.82, 2.24) is 4.98 Å². The first-order valence-corrected chi connectivity index (χ1v) is 10.8. The molecule has 0 saturated heterocycles. The van der Waals surface area contributed by atoms with Crippen molar-refractivity contribution >= 4 is 77.9 Å². The number of carbonyl (C=O) groups excluding carboxylic acids is 2. The second kappa shape index (κ2) is 8.70. The van der Waals surface area contributed by atoms with Gasteiger partial charge in [0.05, 0.1) is 39.7 Å². The van der Waals surface area contributed by atoms with Gasteiger partial charge >= 0.3 is 0 Å². The highest BCUT2D eigenvalue weighted by Gasteiger charge is 2.18. The predicted molar refractivity (Wildman–Crippen MR) is 127 cm³/mol. The van der Waals surface area contributed by atoms with Gasteiger partial charge < -0.3 is 15.4 Å². The molecule has 2 amide bonds. The van der Waals surface area contributed by atoms with Gasteiger partial charge in [-0.1, -0.05) is 41.4 Å². The SMILES string of the molecule is COc1ccc(CC(=O)Nc2c(Cl)cncc2Cl)c2sc3c(NC(C)=O)cccc3c12. The number of nitrogens with one attached hydrogen (secondary N) is 2. The van der Waals surface area contributed by atoms with Gasteiger partial charge in [0.15, 0.2) is 0 Å². The number of anilines is 2. The molecule has 2 aromatic carbocycles. The van der Waals surface area contributed by atoms with Gasteiger partial charge in [-0.05, 0) is 17.7 Å². The van der Waals surface area contributed by atoms with Gasteiger partial charge in [-0.15, -0.1) is 11.3 Å².